The lowest BCUT2D eigenvalue weighted by molar-refractivity contribution is -0.0104. The minimum atomic E-state index is -0.0802. The molecule has 1 amide bonds. The average molecular weight is 353 g/mol. The zero-order chi connectivity index (χ0) is 15.2. The second-order valence-corrected chi connectivity index (χ2v) is 5.58. The van der Waals surface area contributed by atoms with Gasteiger partial charge < -0.3 is 14.4 Å². The van der Waals surface area contributed by atoms with E-state index in [0.717, 1.165) is 6.42 Å². The Labute approximate surface area is 132 Å². The van der Waals surface area contributed by atoms with Crippen molar-refractivity contribution in [3.05, 3.63) is 33.8 Å². The lowest BCUT2D eigenvalue weighted by atomic mass is 10.1. The van der Waals surface area contributed by atoms with Gasteiger partial charge in [0.25, 0.3) is 5.91 Å². The number of rotatable bonds is 4. The Morgan fingerprint density at radius 2 is 2.43 bits per heavy atom. The molecule has 1 unspecified atom stereocenters. The van der Waals surface area contributed by atoms with Crippen molar-refractivity contribution in [2.75, 3.05) is 33.5 Å². The molecule has 0 aliphatic carbocycles. The fourth-order valence-electron chi connectivity index (χ4n) is 2.35. The number of morpholine rings is 1. The highest BCUT2D eigenvalue weighted by atomic mass is 79.9. The van der Waals surface area contributed by atoms with E-state index in [-0.39, 0.29) is 11.9 Å². The van der Waals surface area contributed by atoms with Gasteiger partial charge in [0.15, 0.2) is 0 Å². The van der Waals surface area contributed by atoms with E-state index in [1.807, 2.05) is 4.90 Å². The zero-order valence-electron chi connectivity index (χ0n) is 11.8. The van der Waals surface area contributed by atoms with Crippen molar-refractivity contribution in [2.24, 2.45) is 0 Å². The van der Waals surface area contributed by atoms with Gasteiger partial charge in [-0.3, -0.25) is 4.79 Å². The molecule has 1 atom stereocenters. The van der Waals surface area contributed by atoms with Crippen LogP contribution < -0.4 is 0 Å². The number of methoxy groups -OCH3 is 1. The molecule has 1 saturated heterocycles. The van der Waals surface area contributed by atoms with Gasteiger partial charge in [-0.25, -0.2) is 0 Å². The average Bonchev–Trinajstić information content (AvgIpc) is 2.53. The monoisotopic (exact) mass is 352 g/mol. The number of ether oxygens (including phenoxy) is 2. The number of hydrogen-bond donors (Lipinski definition) is 0. The van der Waals surface area contributed by atoms with Crippen LogP contribution in [0.4, 0.5) is 0 Å². The molecule has 0 aromatic heterocycles. The van der Waals surface area contributed by atoms with Crippen LogP contribution in [0.25, 0.3) is 0 Å². The molecule has 0 spiro atoms. The zero-order valence-corrected chi connectivity index (χ0v) is 13.4. The van der Waals surface area contributed by atoms with Crippen molar-refractivity contribution in [1.82, 2.24) is 4.90 Å². The van der Waals surface area contributed by atoms with Gasteiger partial charge in [0.2, 0.25) is 0 Å². The first kappa shape index (κ1) is 16.0. The van der Waals surface area contributed by atoms with Crippen LogP contribution in [0, 0.1) is 11.3 Å². The SMILES string of the molecule is COCCC1COCCN1C(=O)c1cccc(C#N)c1Br. The number of nitriles is 1. The van der Waals surface area contributed by atoms with Crippen LogP contribution in [0.5, 0.6) is 0 Å². The van der Waals surface area contributed by atoms with E-state index in [0.29, 0.717) is 42.0 Å². The van der Waals surface area contributed by atoms with Crippen LogP contribution in [-0.2, 0) is 9.47 Å². The summed E-state index contributed by atoms with van der Waals surface area (Å²) >= 11 is 3.36. The number of hydrogen-bond acceptors (Lipinski definition) is 4. The molecule has 0 N–H and O–H groups in total. The Kier molecular flexibility index (Phi) is 5.74. The van der Waals surface area contributed by atoms with Crippen molar-refractivity contribution >= 4 is 21.8 Å². The number of benzene rings is 1. The largest absolute Gasteiger partial charge is 0.385 e. The quantitative estimate of drug-likeness (QED) is 0.833. The number of carbonyl (C=O) groups is 1. The van der Waals surface area contributed by atoms with E-state index in [2.05, 4.69) is 22.0 Å². The first-order valence-corrected chi connectivity index (χ1v) is 7.54. The molecule has 1 aliphatic heterocycles. The molecule has 1 aliphatic rings. The molecular weight excluding hydrogens is 336 g/mol. The van der Waals surface area contributed by atoms with Crippen LogP contribution in [0.15, 0.2) is 22.7 Å². The van der Waals surface area contributed by atoms with Gasteiger partial charge in [-0.05, 0) is 34.5 Å². The van der Waals surface area contributed by atoms with Crippen molar-refractivity contribution in [3.8, 4) is 6.07 Å². The first-order valence-electron chi connectivity index (χ1n) is 6.75. The van der Waals surface area contributed by atoms with Gasteiger partial charge in [-0.2, -0.15) is 5.26 Å². The molecule has 1 aromatic rings. The minimum Gasteiger partial charge on any atom is -0.385 e. The standard InChI is InChI=1S/C15H17BrN2O3/c1-20-7-5-12-10-21-8-6-18(12)15(19)13-4-2-3-11(9-17)14(13)16/h2-4,12H,5-8,10H2,1H3. The van der Waals surface area contributed by atoms with E-state index in [1.54, 1.807) is 25.3 Å². The summed E-state index contributed by atoms with van der Waals surface area (Å²) < 4.78 is 11.1. The van der Waals surface area contributed by atoms with E-state index in [1.165, 1.54) is 0 Å². The minimum absolute atomic E-state index is 0.00356. The molecule has 1 heterocycles. The lowest BCUT2D eigenvalue weighted by Gasteiger charge is -2.35. The molecule has 2 rings (SSSR count). The Hall–Kier alpha value is -1.42. The Morgan fingerprint density at radius 3 is 3.14 bits per heavy atom. The van der Waals surface area contributed by atoms with Crippen LogP contribution in [0.2, 0.25) is 0 Å². The van der Waals surface area contributed by atoms with Gasteiger partial charge in [0, 0.05) is 24.7 Å². The van der Waals surface area contributed by atoms with E-state index in [9.17, 15) is 4.79 Å². The van der Waals surface area contributed by atoms with Crippen LogP contribution in [0.1, 0.15) is 22.3 Å². The molecular formula is C15H17BrN2O3. The van der Waals surface area contributed by atoms with E-state index >= 15 is 0 Å². The second-order valence-electron chi connectivity index (χ2n) is 4.79. The summed E-state index contributed by atoms with van der Waals surface area (Å²) in [7, 11) is 1.64. The maximum absolute atomic E-state index is 12.8. The molecule has 5 nitrogen and oxygen atoms in total. The van der Waals surface area contributed by atoms with Crippen LogP contribution >= 0.6 is 15.9 Å². The highest BCUT2D eigenvalue weighted by Gasteiger charge is 2.29. The number of halogens is 1. The van der Waals surface area contributed by atoms with Crippen LogP contribution in [-0.4, -0.2) is 50.3 Å². The summed E-state index contributed by atoms with van der Waals surface area (Å²) in [6.07, 6.45) is 0.734. The summed E-state index contributed by atoms with van der Waals surface area (Å²) in [6.45, 7) is 2.18. The topological polar surface area (TPSA) is 62.6 Å². The third-order valence-corrected chi connectivity index (χ3v) is 4.35. The van der Waals surface area contributed by atoms with Gasteiger partial charge >= 0.3 is 0 Å². The molecule has 112 valence electrons. The van der Waals surface area contributed by atoms with E-state index in [4.69, 9.17) is 14.7 Å². The smallest absolute Gasteiger partial charge is 0.255 e. The van der Waals surface area contributed by atoms with E-state index < -0.39 is 0 Å². The Morgan fingerprint density at radius 1 is 1.62 bits per heavy atom. The summed E-state index contributed by atoms with van der Waals surface area (Å²) in [5.74, 6) is -0.0802. The fourth-order valence-corrected chi connectivity index (χ4v) is 2.88. The molecule has 0 radical (unpaired) electrons. The number of carbonyl (C=O) groups excluding carboxylic acids is 1. The summed E-state index contributed by atoms with van der Waals surface area (Å²) in [5, 5.41) is 9.06. The molecule has 0 bridgehead atoms. The van der Waals surface area contributed by atoms with Gasteiger partial charge in [-0.15, -0.1) is 0 Å². The summed E-state index contributed by atoms with van der Waals surface area (Å²) in [5.41, 5.74) is 0.973. The number of nitrogens with zero attached hydrogens (tertiary/aromatic N) is 2. The Bertz CT molecular complexity index is 556. The normalized spacial score (nSPS) is 18.3. The van der Waals surface area contributed by atoms with Gasteiger partial charge in [0.1, 0.15) is 6.07 Å². The molecule has 6 heteroatoms. The van der Waals surface area contributed by atoms with Crippen molar-refractivity contribution in [1.29, 1.82) is 5.26 Å². The summed E-state index contributed by atoms with van der Waals surface area (Å²) in [6, 6.07) is 7.22. The fraction of sp³-hybridized carbons (Fsp3) is 0.467. The third-order valence-electron chi connectivity index (χ3n) is 3.49. The maximum atomic E-state index is 12.8. The lowest BCUT2D eigenvalue weighted by Crippen LogP contribution is -2.49. The first-order chi connectivity index (χ1) is 10.2. The van der Waals surface area contributed by atoms with Crippen molar-refractivity contribution < 1.29 is 14.3 Å². The highest BCUT2D eigenvalue weighted by molar-refractivity contribution is 9.10. The predicted molar refractivity (Wildman–Crippen MR) is 81.0 cm³/mol. The van der Waals surface area contributed by atoms with Crippen molar-refractivity contribution in [2.45, 2.75) is 12.5 Å². The second kappa shape index (κ2) is 7.55. The van der Waals surface area contributed by atoms with Crippen LogP contribution in [0.3, 0.4) is 0 Å². The molecule has 1 aromatic carbocycles. The molecule has 21 heavy (non-hydrogen) atoms. The summed E-state index contributed by atoms with van der Waals surface area (Å²) in [4.78, 5) is 14.6. The predicted octanol–water partition coefficient (Wildman–Crippen LogP) is 2.20. The Balaban J connectivity index is 2.23. The number of amides is 1. The maximum Gasteiger partial charge on any atom is 0.255 e. The third kappa shape index (κ3) is 3.62. The van der Waals surface area contributed by atoms with Crippen molar-refractivity contribution in [3.63, 3.8) is 0 Å². The van der Waals surface area contributed by atoms with Gasteiger partial charge in [0.05, 0.1) is 30.4 Å². The molecule has 0 saturated carbocycles. The van der Waals surface area contributed by atoms with Gasteiger partial charge in [-0.1, -0.05) is 6.07 Å². The highest BCUT2D eigenvalue weighted by Crippen LogP contribution is 2.24. The molecule has 1 fully saturated rings.